The van der Waals surface area contributed by atoms with Crippen LogP contribution in [0, 0.1) is 6.92 Å². The Morgan fingerprint density at radius 2 is 1.40 bits per heavy atom. The zero-order valence-corrected chi connectivity index (χ0v) is 19.3. The molecule has 0 unspecified atom stereocenters. The van der Waals surface area contributed by atoms with Gasteiger partial charge in [-0.05, 0) is 47.5 Å². The lowest BCUT2D eigenvalue weighted by atomic mass is 10.0. The molecule has 166 valence electrons. The largest absolute Gasteiger partial charge is 0.456 e. The second-order valence-electron chi connectivity index (χ2n) is 9.28. The molecule has 35 heavy (non-hydrogen) atoms. The standard InChI is InChI=1S/C31H20NO3/c1-17-11-12-21-20-9-5-6-10-24(20)34-29(21)27(17)31-32(2)23-13-14-25-28(30(23)35-31)22-15-18-7-3-4-8-19(18)16-26(22)33-25/h3-16H,1-2H3/q+1. The van der Waals surface area contributed by atoms with E-state index in [-0.39, 0.29) is 0 Å². The van der Waals surface area contributed by atoms with E-state index in [0.29, 0.717) is 0 Å². The first kappa shape index (κ1) is 18.8. The highest BCUT2D eigenvalue weighted by Crippen LogP contribution is 2.41. The summed E-state index contributed by atoms with van der Waals surface area (Å²) in [6.45, 7) is 2.10. The molecule has 0 aliphatic rings. The fourth-order valence-electron chi connectivity index (χ4n) is 5.53. The van der Waals surface area contributed by atoms with Gasteiger partial charge in [0.1, 0.15) is 29.4 Å². The van der Waals surface area contributed by atoms with Gasteiger partial charge in [0.15, 0.2) is 5.58 Å². The van der Waals surface area contributed by atoms with E-state index in [2.05, 4.69) is 72.2 Å². The smallest absolute Gasteiger partial charge is 0.385 e. The molecular weight excluding hydrogens is 434 g/mol. The summed E-state index contributed by atoms with van der Waals surface area (Å²) in [5.41, 5.74) is 7.32. The fraction of sp³-hybridized carbons (Fsp3) is 0.0645. The van der Waals surface area contributed by atoms with Crippen molar-refractivity contribution in [3.05, 3.63) is 90.5 Å². The van der Waals surface area contributed by atoms with Crippen LogP contribution < -0.4 is 4.57 Å². The highest BCUT2D eigenvalue weighted by molar-refractivity contribution is 6.18. The summed E-state index contributed by atoms with van der Waals surface area (Å²) in [5, 5.41) is 6.60. The molecule has 0 atom stereocenters. The van der Waals surface area contributed by atoms with Crippen molar-refractivity contribution in [1.82, 2.24) is 0 Å². The normalized spacial score (nSPS) is 12.3. The minimum atomic E-state index is 0.768. The number of aromatic nitrogens is 1. The van der Waals surface area contributed by atoms with Crippen molar-refractivity contribution in [1.29, 1.82) is 0 Å². The van der Waals surface area contributed by atoms with Gasteiger partial charge in [0.05, 0.1) is 5.39 Å². The van der Waals surface area contributed by atoms with Crippen LogP contribution in [0.3, 0.4) is 0 Å². The van der Waals surface area contributed by atoms with Gasteiger partial charge < -0.3 is 13.3 Å². The molecule has 0 aliphatic carbocycles. The second kappa shape index (κ2) is 6.51. The second-order valence-corrected chi connectivity index (χ2v) is 9.28. The van der Waals surface area contributed by atoms with E-state index < -0.39 is 0 Å². The van der Waals surface area contributed by atoms with Gasteiger partial charge in [-0.3, -0.25) is 0 Å². The van der Waals surface area contributed by atoms with Gasteiger partial charge >= 0.3 is 5.89 Å². The van der Waals surface area contributed by atoms with Crippen LogP contribution in [0.1, 0.15) is 5.56 Å². The molecule has 0 aliphatic heterocycles. The van der Waals surface area contributed by atoms with Crippen molar-refractivity contribution in [2.75, 3.05) is 0 Å². The molecule has 0 fully saturated rings. The highest BCUT2D eigenvalue weighted by atomic mass is 16.4. The number of para-hydroxylation sites is 1. The summed E-state index contributed by atoms with van der Waals surface area (Å²) in [5.74, 6) is 0.768. The molecular formula is C31H20NO3+. The molecule has 5 aromatic carbocycles. The average Bonchev–Trinajstić information content (AvgIpc) is 3.53. The van der Waals surface area contributed by atoms with Gasteiger partial charge in [-0.15, -0.1) is 0 Å². The molecule has 8 aromatic rings. The number of hydrogen-bond acceptors (Lipinski definition) is 3. The van der Waals surface area contributed by atoms with Crippen LogP contribution in [0.25, 0.3) is 77.2 Å². The molecule has 0 bridgehead atoms. The van der Waals surface area contributed by atoms with Gasteiger partial charge in [0, 0.05) is 22.2 Å². The lowest BCUT2D eigenvalue weighted by molar-refractivity contribution is -0.637. The summed E-state index contributed by atoms with van der Waals surface area (Å²) >= 11 is 0. The number of nitrogens with zero attached hydrogens (tertiary/aromatic N) is 1. The fourth-order valence-corrected chi connectivity index (χ4v) is 5.53. The minimum absolute atomic E-state index is 0.768. The predicted molar refractivity (Wildman–Crippen MR) is 140 cm³/mol. The number of oxazole rings is 1. The van der Waals surface area contributed by atoms with Crippen LogP contribution in [0.4, 0.5) is 0 Å². The van der Waals surface area contributed by atoms with Crippen molar-refractivity contribution in [3.8, 4) is 11.5 Å². The third-order valence-corrected chi connectivity index (χ3v) is 7.27. The molecule has 0 N–H and O–H groups in total. The van der Waals surface area contributed by atoms with Crippen molar-refractivity contribution >= 4 is 65.7 Å². The van der Waals surface area contributed by atoms with Crippen molar-refractivity contribution in [2.24, 2.45) is 7.05 Å². The Hall–Kier alpha value is -4.57. The summed E-state index contributed by atoms with van der Waals surface area (Å²) in [7, 11) is 2.05. The van der Waals surface area contributed by atoms with Crippen molar-refractivity contribution < 1.29 is 17.8 Å². The predicted octanol–water partition coefficient (Wildman–Crippen LogP) is 8.18. The van der Waals surface area contributed by atoms with E-state index in [4.69, 9.17) is 13.3 Å². The third kappa shape index (κ3) is 2.43. The van der Waals surface area contributed by atoms with Gasteiger partial charge in [0.2, 0.25) is 5.58 Å². The zero-order chi connectivity index (χ0) is 23.3. The SMILES string of the molecule is Cc1ccc2c(oc3ccccc32)c1-c1oc2c3c(ccc2[n+]1C)oc1cc2ccccc2cc13. The van der Waals surface area contributed by atoms with E-state index in [1.807, 2.05) is 31.3 Å². The molecule has 0 amide bonds. The van der Waals surface area contributed by atoms with E-state index >= 15 is 0 Å². The molecule has 0 saturated heterocycles. The molecule has 3 aromatic heterocycles. The number of hydrogen-bond donors (Lipinski definition) is 0. The molecule has 4 nitrogen and oxygen atoms in total. The Labute approximate surface area is 199 Å². The summed E-state index contributed by atoms with van der Waals surface area (Å²) in [6, 6.07) is 29.2. The van der Waals surface area contributed by atoms with E-state index in [0.717, 1.165) is 77.4 Å². The monoisotopic (exact) mass is 454 g/mol. The topological polar surface area (TPSA) is 43.3 Å². The van der Waals surface area contributed by atoms with Crippen molar-refractivity contribution in [3.63, 3.8) is 0 Å². The lowest BCUT2D eigenvalue weighted by Gasteiger charge is -2.00. The molecule has 0 radical (unpaired) electrons. The molecule has 8 rings (SSSR count). The van der Waals surface area contributed by atoms with Crippen LogP contribution in [0.5, 0.6) is 0 Å². The zero-order valence-electron chi connectivity index (χ0n) is 19.3. The third-order valence-electron chi connectivity index (χ3n) is 7.27. The summed E-state index contributed by atoms with van der Waals surface area (Å²) in [6.07, 6.45) is 0. The van der Waals surface area contributed by atoms with Crippen LogP contribution in [0.2, 0.25) is 0 Å². The number of fused-ring (bicyclic) bond motifs is 9. The first-order valence-corrected chi connectivity index (χ1v) is 11.7. The Morgan fingerprint density at radius 1 is 0.600 bits per heavy atom. The van der Waals surface area contributed by atoms with E-state index in [9.17, 15) is 0 Å². The minimum Gasteiger partial charge on any atom is -0.456 e. The number of rotatable bonds is 1. The quantitative estimate of drug-likeness (QED) is 0.235. The van der Waals surface area contributed by atoms with Gasteiger partial charge in [-0.25, -0.2) is 0 Å². The van der Waals surface area contributed by atoms with Crippen LogP contribution >= 0.6 is 0 Å². The van der Waals surface area contributed by atoms with Gasteiger partial charge in [-0.1, -0.05) is 54.6 Å². The number of aryl methyl sites for hydroxylation is 2. The Bertz CT molecular complexity index is 2140. The Kier molecular flexibility index (Phi) is 3.50. The maximum atomic E-state index is 6.70. The molecule has 3 heterocycles. The van der Waals surface area contributed by atoms with Gasteiger partial charge in [0.25, 0.3) is 5.52 Å². The van der Waals surface area contributed by atoms with E-state index in [1.165, 1.54) is 5.39 Å². The number of benzene rings is 5. The lowest BCUT2D eigenvalue weighted by Crippen LogP contribution is -2.28. The van der Waals surface area contributed by atoms with Crippen LogP contribution in [-0.4, -0.2) is 0 Å². The summed E-state index contributed by atoms with van der Waals surface area (Å²) < 4.78 is 21.5. The van der Waals surface area contributed by atoms with Crippen LogP contribution in [0.15, 0.2) is 98.2 Å². The maximum absolute atomic E-state index is 6.70. The highest BCUT2D eigenvalue weighted by Gasteiger charge is 2.29. The molecule has 0 spiro atoms. The Balaban J connectivity index is 1.50. The van der Waals surface area contributed by atoms with Gasteiger partial charge in [-0.2, -0.15) is 4.57 Å². The van der Waals surface area contributed by atoms with E-state index in [1.54, 1.807) is 0 Å². The maximum Gasteiger partial charge on any atom is 0.385 e. The molecule has 4 heteroatoms. The van der Waals surface area contributed by atoms with Crippen molar-refractivity contribution in [2.45, 2.75) is 6.92 Å². The number of furan rings is 2. The Morgan fingerprint density at radius 3 is 2.29 bits per heavy atom. The van der Waals surface area contributed by atoms with Crippen LogP contribution in [-0.2, 0) is 7.05 Å². The first-order valence-electron chi connectivity index (χ1n) is 11.7. The summed E-state index contributed by atoms with van der Waals surface area (Å²) in [4.78, 5) is 0. The first-order chi connectivity index (χ1) is 17.2. The average molecular weight is 455 g/mol. The molecule has 0 saturated carbocycles.